The van der Waals surface area contributed by atoms with Crippen LogP contribution in [0.3, 0.4) is 0 Å². The van der Waals surface area contributed by atoms with Gasteiger partial charge in [-0.3, -0.25) is 4.68 Å². The first-order valence-electron chi connectivity index (χ1n) is 4.56. The molecular formula is C10H12N2O2. The summed E-state index contributed by atoms with van der Waals surface area (Å²) in [5.74, 6) is 0.157. The van der Waals surface area contributed by atoms with E-state index in [1.54, 1.807) is 16.8 Å². The third-order valence-corrected chi connectivity index (χ3v) is 2.31. The minimum Gasteiger partial charge on any atom is -0.506 e. The maximum absolute atomic E-state index is 9.54. The van der Waals surface area contributed by atoms with Crippen LogP contribution in [0.15, 0.2) is 18.2 Å². The fourth-order valence-corrected chi connectivity index (χ4v) is 1.62. The Hall–Kier alpha value is -1.55. The van der Waals surface area contributed by atoms with E-state index < -0.39 is 0 Å². The number of benzene rings is 1. The van der Waals surface area contributed by atoms with Gasteiger partial charge in [-0.25, -0.2) is 0 Å². The molecular weight excluding hydrogens is 180 g/mol. The van der Waals surface area contributed by atoms with Crippen LogP contribution in [0.4, 0.5) is 0 Å². The molecule has 0 aliphatic rings. The van der Waals surface area contributed by atoms with Crippen molar-refractivity contribution in [1.82, 2.24) is 9.78 Å². The molecule has 0 radical (unpaired) electrons. The van der Waals surface area contributed by atoms with Crippen molar-refractivity contribution in [2.75, 3.05) is 0 Å². The number of aliphatic hydroxyl groups excluding tert-OH is 1. The van der Waals surface area contributed by atoms with E-state index in [2.05, 4.69) is 5.10 Å². The molecule has 2 N–H and O–H groups in total. The van der Waals surface area contributed by atoms with Crippen LogP contribution in [-0.4, -0.2) is 20.0 Å². The molecule has 0 amide bonds. The van der Waals surface area contributed by atoms with E-state index >= 15 is 0 Å². The van der Waals surface area contributed by atoms with Crippen LogP contribution in [0.25, 0.3) is 10.9 Å². The lowest BCUT2D eigenvalue weighted by molar-refractivity contribution is 0.270. The van der Waals surface area contributed by atoms with Crippen molar-refractivity contribution < 1.29 is 10.2 Å². The minimum atomic E-state index is -0.0617. The lowest BCUT2D eigenvalue weighted by atomic mass is 10.2. The van der Waals surface area contributed by atoms with Gasteiger partial charge in [-0.1, -0.05) is 12.1 Å². The smallest absolute Gasteiger partial charge is 0.143 e. The van der Waals surface area contributed by atoms with Gasteiger partial charge in [0.05, 0.1) is 12.3 Å². The van der Waals surface area contributed by atoms with E-state index in [1.807, 2.05) is 13.0 Å². The number of aromatic hydroxyl groups is 1. The molecule has 0 unspecified atom stereocenters. The zero-order chi connectivity index (χ0) is 10.1. The fourth-order valence-electron chi connectivity index (χ4n) is 1.62. The fraction of sp³-hybridized carbons (Fsp3) is 0.300. The molecule has 0 saturated carbocycles. The summed E-state index contributed by atoms with van der Waals surface area (Å²) < 4.78 is 1.70. The van der Waals surface area contributed by atoms with Gasteiger partial charge in [0.1, 0.15) is 11.3 Å². The van der Waals surface area contributed by atoms with Gasteiger partial charge in [0.25, 0.3) is 0 Å². The third-order valence-electron chi connectivity index (χ3n) is 2.31. The molecule has 0 fully saturated rings. The van der Waals surface area contributed by atoms with Crippen molar-refractivity contribution >= 4 is 10.9 Å². The first-order chi connectivity index (χ1) is 6.77. The van der Waals surface area contributed by atoms with Gasteiger partial charge in [0.2, 0.25) is 0 Å². The maximum atomic E-state index is 9.54. The van der Waals surface area contributed by atoms with Crippen molar-refractivity contribution in [3.05, 3.63) is 23.9 Å². The van der Waals surface area contributed by atoms with Crippen molar-refractivity contribution in [2.45, 2.75) is 20.1 Å². The van der Waals surface area contributed by atoms with Crippen molar-refractivity contribution in [2.24, 2.45) is 0 Å². The molecule has 1 aromatic heterocycles. The molecule has 2 rings (SSSR count). The van der Waals surface area contributed by atoms with Crippen LogP contribution < -0.4 is 0 Å². The van der Waals surface area contributed by atoms with Crippen LogP contribution in [-0.2, 0) is 13.2 Å². The van der Waals surface area contributed by atoms with Gasteiger partial charge in [0, 0.05) is 11.9 Å². The summed E-state index contributed by atoms with van der Waals surface area (Å²) in [5, 5.41) is 23.7. The molecule has 1 heterocycles. The van der Waals surface area contributed by atoms with E-state index in [1.165, 1.54) is 0 Å². The van der Waals surface area contributed by atoms with Crippen LogP contribution in [0, 0.1) is 0 Å². The molecule has 0 bridgehead atoms. The first-order valence-corrected chi connectivity index (χ1v) is 4.56. The molecule has 0 aliphatic heterocycles. The Kier molecular flexibility index (Phi) is 2.13. The Morgan fingerprint density at radius 3 is 2.86 bits per heavy atom. The second kappa shape index (κ2) is 3.31. The Morgan fingerprint density at radius 2 is 2.21 bits per heavy atom. The average molecular weight is 192 g/mol. The molecule has 1 aromatic carbocycles. The summed E-state index contributed by atoms with van der Waals surface area (Å²) in [5.41, 5.74) is 1.30. The van der Waals surface area contributed by atoms with E-state index in [0.29, 0.717) is 12.1 Å². The van der Waals surface area contributed by atoms with Crippen LogP contribution in [0.1, 0.15) is 12.6 Å². The number of fused-ring (bicyclic) bond motifs is 1. The Labute approximate surface area is 81.4 Å². The highest BCUT2D eigenvalue weighted by atomic mass is 16.3. The first kappa shape index (κ1) is 9.02. The SMILES string of the molecule is CCn1nc2c(O)cccc2c1CO. The van der Waals surface area contributed by atoms with E-state index in [-0.39, 0.29) is 12.4 Å². The number of nitrogens with zero attached hydrogens (tertiary/aromatic N) is 2. The van der Waals surface area contributed by atoms with E-state index in [9.17, 15) is 10.2 Å². The highest BCUT2D eigenvalue weighted by Crippen LogP contribution is 2.25. The predicted octanol–water partition coefficient (Wildman–Crippen LogP) is 1.25. The van der Waals surface area contributed by atoms with Gasteiger partial charge < -0.3 is 10.2 Å². The van der Waals surface area contributed by atoms with Gasteiger partial charge in [-0.05, 0) is 13.0 Å². The quantitative estimate of drug-likeness (QED) is 0.753. The zero-order valence-corrected chi connectivity index (χ0v) is 7.94. The van der Waals surface area contributed by atoms with Gasteiger partial charge >= 0.3 is 0 Å². The van der Waals surface area contributed by atoms with Gasteiger partial charge in [-0.15, -0.1) is 0 Å². The van der Waals surface area contributed by atoms with Crippen LogP contribution >= 0.6 is 0 Å². The Balaban J connectivity index is 2.79. The van der Waals surface area contributed by atoms with E-state index in [4.69, 9.17) is 0 Å². The number of rotatable bonds is 2. The van der Waals surface area contributed by atoms with Crippen LogP contribution in [0.5, 0.6) is 5.75 Å². The average Bonchev–Trinajstić information content (AvgIpc) is 2.57. The topological polar surface area (TPSA) is 58.3 Å². The van der Waals surface area contributed by atoms with Gasteiger partial charge in [0.15, 0.2) is 0 Å². The summed E-state index contributed by atoms with van der Waals surface area (Å²) in [6.07, 6.45) is 0. The monoisotopic (exact) mass is 192 g/mol. The summed E-state index contributed by atoms with van der Waals surface area (Å²) in [6, 6.07) is 5.19. The predicted molar refractivity (Wildman–Crippen MR) is 53.0 cm³/mol. The minimum absolute atomic E-state index is 0.0617. The zero-order valence-electron chi connectivity index (χ0n) is 7.94. The summed E-state index contributed by atoms with van der Waals surface area (Å²) >= 11 is 0. The number of phenolic OH excluding ortho intramolecular Hbond substituents is 1. The Bertz CT molecular complexity index is 462. The molecule has 0 atom stereocenters. The largest absolute Gasteiger partial charge is 0.506 e. The third kappa shape index (κ3) is 1.15. The molecule has 74 valence electrons. The number of hydrogen-bond acceptors (Lipinski definition) is 3. The van der Waals surface area contributed by atoms with Crippen molar-refractivity contribution in [1.29, 1.82) is 0 Å². The molecule has 0 aliphatic carbocycles. The summed E-state index contributed by atoms with van der Waals surface area (Å²) in [4.78, 5) is 0. The second-order valence-electron chi connectivity index (χ2n) is 3.09. The highest BCUT2D eigenvalue weighted by molar-refractivity contribution is 5.86. The summed E-state index contributed by atoms with van der Waals surface area (Å²) in [6.45, 7) is 2.57. The molecule has 4 heteroatoms. The number of aliphatic hydroxyl groups is 1. The molecule has 2 aromatic rings. The second-order valence-corrected chi connectivity index (χ2v) is 3.09. The van der Waals surface area contributed by atoms with Crippen LogP contribution in [0.2, 0.25) is 0 Å². The molecule has 0 saturated heterocycles. The molecule has 4 nitrogen and oxygen atoms in total. The molecule has 0 spiro atoms. The number of phenols is 1. The number of aromatic nitrogens is 2. The van der Waals surface area contributed by atoms with Crippen molar-refractivity contribution in [3.8, 4) is 5.75 Å². The molecule has 14 heavy (non-hydrogen) atoms. The maximum Gasteiger partial charge on any atom is 0.143 e. The highest BCUT2D eigenvalue weighted by Gasteiger charge is 2.11. The lowest BCUT2D eigenvalue weighted by Crippen LogP contribution is -2.01. The van der Waals surface area contributed by atoms with Crippen molar-refractivity contribution in [3.63, 3.8) is 0 Å². The number of hydrogen-bond donors (Lipinski definition) is 2. The Morgan fingerprint density at radius 1 is 1.43 bits per heavy atom. The normalized spacial score (nSPS) is 11.0. The number of aryl methyl sites for hydroxylation is 1. The lowest BCUT2D eigenvalue weighted by Gasteiger charge is -1.99. The standard InChI is InChI=1S/C10H12N2O2/c1-2-12-8(6-13)7-4-3-5-9(14)10(7)11-12/h3-5,13-14H,2,6H2,1H3. The summed E-state index contributed by atoms with van der Waals surface area (Å²) in [7, 11) is 0. The van der Waals surface area contributed by atoms with Gasteiger partial charge in [-0.2, -0.15) is 5.10 Å². The van der Waals surface area contributed by atoms with E-state index in [0.717, 1.165) is 11.1 Å².